The molecule has 1 heterocycles. The van der Waals surface area contributed by atoms with Crippen molar-refractivity contribution < 1.29 is 18.3 Å². The fourth-order valence-corrected chi connectivity index (χ4v) is 2.65. The average molecular weight is 389 g/mol. The largest absolute Gasteiger partial charge is 0.493 e. The molecule has 3 aromatic rings. The molecule has 0 saturated heterocycles. The zero-order valence-corrected chi connectivity index (χ0v) is 14.5. The lowest BCUT2D eigenvalue weighted by atomic mass is 10.1. The molecule has 2 N–H and O–H groups in total. The lowest BCUT2D eigenvalue weighted by molar-refractivity contribution is -0.137. The monoisotopic (exact) mass is 389 g/mol. The van der Waals surface area contributed by atoms with Gasteiger partial charge in [-0.05, 0) is 30.7 Å². The zero-order valence-electron chi connectivity index (χ0n) is 14.5. The smallest absolute Gasteiger partial charge is 0.418 e. The van der Waals surface area contributed by atoms with E-state index in [1.54, 1.807) is 31.2 Å². The molecule has 0 aliphatic carbocycles. The highest BCUT2D eigenvalue weighted by Crippen LogP contribution is 2.36. The number of hydrogen-bond donors (Lipinski definition) is 2. The number of aliphatic imine (C=N–C) groups is 1. The van der Waals surface area contributed by atoms with Crippen molar-refractivity contribution in [2.45, 2.75) is 13.1 Å². The molecule has 144 valence electrons. The summed E-state index contributed by atoms with van der Waals surface area (Å²) in [6.07, 6.45) is -3.84. The number of aromatic hydroxyl groups is 1. The maximum atomic E-state index is 13.1. The molecule has 0 bridgehead atoms. The summed E-state index contributed by atoms with van der Waals surface area (Å²) in [5, 5.41) is 10.5. The highest BCUT2D eigenvalue weighted by atomic mass is 19.4. The van der Waals surface area contributed by atoms with Crippen molar-refractivity contribution >= 4 is 11.9 Å². The molecule has 0 amide bonds. The summed E-state index contributed by atoms with van der Waals surface area (Å²) in [5.74, 6) is -0.726. The van der Waals surface area contributed by atoms with Crippen LogP contribution >= 0.6 is 0 Å². The molecular formula is C19H14F3N3O3. The molecule has 0 saturated carbocycles. The first-order chi connectivity index (χ1) is 13.2. The van der Waals surface area contributed by atoms with E-state index in [4.69, 9.17) is 0 Å². The summed E-state index contributed by atoms with van der Waals surface area (Å²) in [5.41, 5.74) is -2.77. The molecule has 0 spiro atoms. The lowest BCUT2D eigenvalue weighted by Gasteiger charge is -2.12. The number of nitrogens with zero attached hydrogens (tertiary/aromatic N) is 2. The molecule has 3 rings (SSSR count). The van der Waals surface area contributed by atoms with Crippen LogP contribution in [0.15, 0.2) is 63.1 Å². The number of para-hydroxylation sites is 2. The number of H-pyrrole nitrogens is 1. The number of hydrogen-bond acceptors (Lipinski definition) is 4. The van der Waals surface area contributed by atoms with Crippen molar-refractivity contribution in [1.82, 2.24) is 9.55 Å². The summed E-state index contributed by atoms with van der Waals surface area (Å²) in [7, 11) is 0. The minimum absolute atomic E-state index is 0.312. The molecule has 0 unspecified atom stereocenters. The average Bonchev–Trinajstić information content (AvgIpc) is 2.62. The van der Waals surface area contributed by atoms with E-state index in [9.17, 15) is 27.9 Å². The van der Waals surface area contributed by atoms with Crippen LogP contribution in [0.4, 0.5) is 18.9 Å². The first-order valence-corrected chi connectivity index (χ1v) is 8.04. The van der Waals surface area contributed by atoms with E-state index >= 15 is 0 Å². The van der Waals surface area contributed by atoms with Gasteiger partial charge in [-0.2, -0.15) is 13.2 Å². The minimum atomic E-state index is -4.64. The number of rotatable bonds is 3. The number of nitrogens with one attached hydrogen (secondary N) is 1. The fraction of sp³-hybridized carbons (Fsp3) is 0.105. The van der Waals surface area contributed by atoms with Gasteiger partial charge in [0, 0.05) is 6.21 Å². The van der Waals surface area contributed by atoms with Gasteiger partial charge >= 0.3 is 11.9 Å². The van der Waals surface area contributed by atoms with Gasteiger partial charge in [-0.3, -0.25) is 14.8 Å². The molecule has 0 atom stereocenters. The van der Waals surface area contributed by atoms with Gasteiger partial charge in [-0.1, -0.05) is 30.3 Å². The van der Waals surface area contributed by atoms with Crippen LogP contribution in [-0.2, 0) is 6.18 Å². The van der Waals surface area contributed by atoms with Gasteiger partial charge in [0.15, 0.2) is 0 Å². The second-order valence-corrected chi connectivity index (χ2v) is 5.89. The van der Waals surface area contributed by atoms with Gasteiger partial charge in [-0.25, -0.2) is 9.36 Å². The number of aryl methyl sites for hydroxylation is 1. The molecule has 0 aliphatic rings. The van der Waals surface area contributed by atoms with E-state index in [1.165, 1.54) is 12.1 Å². The van der Waals surface area contributed by atoms with Gasteiger partial charge < -0.3 is 5.11 Å². The second kappa shape index (κ2) is 7.18. The topological polar surface area (TPSA) is 87.4 Å². The quantitative estimate of drug-likeness (QED) is 0.674. The number of benzene rings is 2. The van der Waals surface area contributed by atoms with E-state index in [2.05, 4.69) is 4.99 Å². The number of alkyl halides is 3. The van der Waals surface area contributed by atoms with Crippen LogP contribution in [0.25, 0.3) is 5.69 Å². The van der Waals surface area contributed by atoms with Gasteiger partial charge in [0.2, 0.25) is 5.88 Å². The Labute approximate surface area is 156 Å². The van der Waals surface area contributed by atoms with Gasteiger partial charge in [0.1, 0.15) is 5.56 Å². The van der Waals surface area contributed by atoms with Crippen LogP contribution in [0.2, 0.25) is 0 Å². The van der Waals surface area contributed by atoms with E-state index < -0.39 is 40.1 Å². The Hall–Kier alpha value is -3.62. The predicted molar refractivity (Wildman–Crippen MR) is 97.8 cm³/mol. The van der Waals surface area contributed by atoms with Crippen molar-refractivity contribution in [3.8, 4) is 11.6 Å². The first-order valence-electron chi connectivity index (χ1n) is 8.04. The summed E-state index contributed by atoms with van der Waals surface area (Å²) < 4.78 is 40.1. The van der Waals surface area contributed by atoms with Crippen molar-refractivity contribution in [3.63, 3.8) is 0 Å². The molecule has 9 heteroatoms. The Kier molecular flexibility index (Phi) is 4.91. The van der Waals surface area contributed by atoms with Crippen molar-refractivity contribution in [2.75, 3.05) is 0 Å². The van der Waals surface area contributed by atoms with E-state index in [0.29, 0.717) is 11.3 Å². The summed E-state index contributed by atoms with van der Waals surface area (Å²) in [6, 6.07) is 11.2. The molecule has 1 aromatic heterocycles. The van der Waals surface area contributed by atoms with E-state index in [0.717, 1.165) is 22.9 Å². The maximum absolute atomic E-state index is 13.1. The third kappa shape index (κ3) is 3.59. The molecule has 0 fully saturated rings. The molecule has 6 nitrogen and oxygen atoms in total. The van der Waals surface area contributed by atoms with Gasteiger partial charge in [-0.15, -0.1) is 0 Å². The van der Waals surface area contributed by atoms with E-state index in [-0.39, 0.29) is 0 Å². The fourth-order valence-electron chi connectivity index (χ4n) is 2.65. The molecular weight excluding hydrogens is 375 g/mol. The van der Waals surface area contributed by atoms with Gasteiger partial charge in [0.25, 0.3) is 5.56 Å². The Balaban J connectivity index is 2.17. The maximum Gasteiger partial charge on any atom is 0.418 e. The van der Waals surface area contributed by atoms with E-state index in [1.807, 2.05) is 4.98 Å². The Morgan fingerprint density at radius 2 is 1.71 bits per heavy atom. The SMILES string of the molecule is Cc1ccccc1-n1c(O)c(C=Nc2ccccc2C(F)(F)F)c(=O)[nH]c1=O. The van der Waals surface area contributed by atoms with Crippen molar-refractivity contribution in [2.24, 2.45) is 4.99 Å². The van der Waals surface area contributed by atoms with Crippen molar-refractivity contribution in [3.05, 3.63) is 86.1 Å². The Morgan fingerprint density at radius 3 is 2.39 bits per heavy atom. The lowest BCUT2D eigenvalue weighted by Crippen LogP contribution is -2.31. The molecule has 0 aliphatic heterocycles. The molecule has 2 aromatic carbocycles. The second-order valence-electron chi connectivity index (χ2n) is 5.89. The summed E-state index contributed by atoms with van der Waals surface area (Å²) in [6.45, 7) is 1.69. The van der Waals surface area contributed by atoms with Crippen LogP contribution < -0.4 is 11.2 Å². The van der Waals surface area contributed by atoms with Crippen LogP contribution in [0.3, 0.4) is 0 Å². The third-order valence-electron chi connectivity index (χ3n) is 4.02. The first kappa shape index (κ1) is 19.2. The number of aromatic amines is 1. The number of halogens is 3. The van der Waals surface area contributed by atoms with Crippen LogP contribution in [0.1, 0.15) is 16.7 Å². The normalized spacial score (nSPS) is 11.9. The summed E-state index contributed by atoms with van der Waals surface area (Å²) in [4.78, 5) is 30.0. The summed E-state index contributed by atoms with van der Waals surface area (Å²) >= 11 is 0. The number of aromatic nitrogens is 2. The standard InChI is InChI=1S/C19H14F3N3O3/c1-11-6-2-5-9-15(11)25-17(27)12(16(26)24-18(25)28)10-23-14-8-4-3-7-13(14)19(20,21)22/h2-10,27H,1H3,(H,24,26,28). The van der Waals surface area contributed by atoms with Crippen LogP contribution in [0.5, 0.6) is 5.88 Å². The zero-order chi connectivity index (χ0) is 20.5. The Bertz CT molecular complexity index is 1180. The van der Waals surface area contributed by atoms with Crippen LogP contribution in [-0.4, -0.2) is 20.9 Å². The predicted octanol–water partition coefficient (Wildman–Crippen LogP) is 3.31. The van der Waals surface area contributed by atoms with Crippen molar-refractivity contribution in [1.29, 1.82) is 0 Å². The highest BCUT2D eigenvalue weighted by molar-refractivity contribution is 5.84. The molecule has 0 radical (unpaired) electrons. The third-order valence-corrected chi connectivity index (χ3v) is 4.02. The van der Waals surface area contributed by atoms with Gasteiger partial charge in [0.05, 0.1) is 16.9 Å². The molecule has 28 heavy (non-hydrogen) atoms. The highest BCUT2D eigenvalue weighted by Gasteiger charge is 2.33. The minimum Gasteiger partial charge on any atom is -0.493 e. The Morgan fingerprint density at radius 1 is 1.07 bits per heavy atom. The van der Waals surface area contributed by atoms with Crippen LogP contribution in [0, 0.1) is 6.92 Å².